The number of hydrogen-bond acceptors (Lipinski definition) is 3. The summed E-state index contributed by atoms with van der Waals surface area (Å²) in [6, 6.07) is 16.8. The fourth-order valence-electron chi connectivity index (χ4n) is 2.81. The van der Waals surface area contributed by atoms with E-state index in [4.69, 9.17) is 4.42 Å². The average molecular weight is 360 g/mol. The van der Waals surface area contributed by atoms with E-state index < -0.39 is 0 Å². The van der Waals surface area contributed by atoms with Crippen molar-refractivity contribution >= 4 is 22.7 Å². The van der Waals surface area contributed by atoms with E-state index in [1.807, 2.05) is 26.0 Å². The van der Waals surface area contributed by atoms with Gasteiger partial charge in [0.1, 0.15) is 11.3 Å². The predicted octanol–water partition coefficient (Wildman–Crippen LogP) is 5.50. The lowest BCUT2D eigenvalue weighted by atomic mass is 10.1. The molecule has 0 spiro atoms. The number of aryl methyl sites for hydroxylation is 2. The van der Waals surface area contributed by atoms with Crippen molar-refractivity contribution in [1.82, 2.24) is 4.98 Å². The first-order valence-corrected chi connectivity index (χ1v) is 8.55. The standard InChI is InChI=1S/C22H17FN2O2/c1-13-3-4-16(11-14(13)2)21(26)24-18-9-10-20-19(12-18)25-22(27-20)15-5-7-17(23)8-6-15/h3-12H,1-2H3,(H,24,26). The summed E-state index contributed by atoms with van der Waals surface area (Å²) in [6.07, 6.45) is 0. The maximum absolute atomic E-state index is 13.1. The summed E-state index contributed by atoms with van der Waals surface area (Å²) < 4.78 is 18.8. The van der Waals surface area contributed by atoms with E-state index in [-0.39, 0.29) is 11.7 Å². The van der Waals surface area contributed by atoms with Gasteiger partial charge >= 0.3 is 0 Å². The van der Waals surface area contributed by atoms with Gasteiger partial charge in [-0.05, 0) is 79.6 Å². The molecule has 0 radical (unpaired) electrons. The van der Waals surface area contributed by atoms with Crippen LogP contribution in [0, 0.1) is 19.7 Å². The van der Waals surface area contributed by atoms with Crippen molar-refractivity contribution in [2.75, 3.05) is 5.32 Å². The largest absolute Gasteiger partial charge is 0.436 e. The van der Waals surface area contributed by atoms with Crippen molar-refractivity contribution in [2.45, 2.75) is 13.8 Å². The minimum atomic E-state index is -0.314. The summed E-state index contributed by atoms with van der Waals surface area (Å²) in [4.78, 5) is 16.9. The maximum atomic E-state index is 13.1. The Labute approximate surface area is 155 Å². The molecule has 1 amide bonds. The van der Waals surface area contributed by atoms with Crippen LogP contribution in [0.2, 0.25) is 0 Å². The van der Waals surface area contributed by atoms with E-state index in [0.717, 1.165) is 11.1 Å². The van der Waals surface area contributed by atoms with Crippen LogP contribution in [0.25, 0.3) is 22.6 Å². The topological polar surface area (TPSA) is 55.1 Å². The number of fused-ring (bicyclic) bond motifs is 1. The van der Waals surface area contributed by atoms with Crippen LogP contribution in [0.4, 0.5) is 10.1 Å². The van der Waals surface area contributed by atoms with Crippen molar-refractivity contribution in [1.29, 1.82) is 0 Å². The molecule has 0 saturated heterocycles. The van der Waals surface area contributed by atoms with Crippen LogP contribution in [-0.2, 0) is 0 Å². The summed E-state index contributed by atoms with van der Waals surface area (Å²) >= 11 is 0. The molecule has 1 aromatic heterocycles. The fraction of sp³-hybridized carbons (Fsp3) is 0.0909. The number of carbonyl (C=O) groups excluding carboxylic acids is 1. The van der Waals surface area contributed by atoms with Gasteiger partial charge in [0.15, 0.2) is 5.58 Å². The second-order valence-corrected chi connectivity index (χ2v) is 6.46. The van der Waals surface area contributed by atoms with E-state index in [0.29, 0.717) is 33.8 Å². The molecule has 4 aromatic rings. The first-order valence-electron chi connectivity index (χ1n) is 8.55. The van der Waals surface area contributed by atoms with Gasteiger partial charge in [-0.2, -0.15) is 0 Å². The van der Waals surface area contributed by atoms with Crippen molar-refractivity contribution in [3.05, 3.63) is 83.2 Å². The van der Waals surface area contributed by atoms with Gasteiger partial charge in [0.25, 0.3) is 5.91 Å². The molecule has 0 aliphatic carbocycles. The van der Waals surface area contributed by atoms with Gasteiger partial charge in [-0.3, -0.25) is 4.79 Å². The Hall–Kier alpha value is -3.47. The van der Waals surface area contributed by atoms with E-state index in [1.54, 1.807) is 36.4 Å². The lowest BCUT2D eigenvalue weighted by Crippen LogP contribution is -2.12. The zero-order chi connectivity index (χ0) is 19.0. The molecule has 0 bridgehead atoms. The highest BCUT2D eigenvalue weighted by molar-refractivity contribution is 6.05. The number of rotatable bonds is 3. The molecule has 0 fully saturated rings. The minimum absolute atomic E-state index is 0.181. The van der Waals surface area contributed by atoms with Gasteiger partial charge in [-0.25, -0.2) is 9.37 Å². The third kappa shape index (κ3) is 3.44. The van der Waals surface area contributed by atoms with Crippen molar-refractivity contribution in [3.8, 4) is 11.5 Å². The molecule has 0 unspecified atom stereocenters. The molecule has 0 atom stereocenters. The van der Waals surface area contributed by atoms with E-state index in [9.17, 15) is 9.18 Å². The van der Waals surface area contributed by atoms with Gasteiger partial charge in [0.2, 0.25) is 5.89 Å². The highest BCUT2D eigenvalue weighted by Crippen LogP contribution is 2.26. The number of amides is 1. The third-order valence-corrected chi connectivity index (χ3v) is 4.51. The number of anilines is 1. The Balaban J connectivity index is 1.60. The molecule has 4 nitrogen and oxygen atoms in total. The molecule has 3 aromatic carbocycles. The monoisotopic (exact) mass is 360 g/mol. The lowest BCUT2D eigenvalue weighted by Gasteiger charge is -2.07. The smallest absolute Gasteiger partial charge is 0.255 e. The number of benzene rings is 3. The van der Waals surface area contributed by atoms with Crippen LogP contribution >= 0.6 is 0 Å². The highest BCUT2D eigenvalue weighted by Gasteiger charge is 2.11. The summed E-state index contributed by atoms with van der Waals surface area (Å²) in [5, 5.41) is 2.88. The number of carbonyl (C=O) groups is 1. The number of nitrogens with zero attached hydrogens (tertiary/aromatic N) is 1. The number of halogens is 1. The summed E-state index contributed by atoms with van der Waals surface area (Å²) in [5.41, 5.74) is 5.34. The Kier molecular flexibility index (Phi) is 4.20. The second kappa shape index (κ2) is 6.68. The SMILES string of the molecule is Cc1ccc(C(=O)Nc2ccc3oc(-c4ccc(F)cc4)nc3c2)cc1C. The Morgan fingerprint density at radius 3 is 2.48 bits per heavy atom. The quantitative estimate of drug-likeness (QED) is 0.525. The molecule has 0 aliphatic heterocycles. The Bertz CT molecular complexity index is 1150. The number of aromatic nitrogens is 1. The summed E-state index contributed by atoms with van der Waals surface area (Å²) in [6.45, 7) is 3.98. The zero-order valence-electron chi connectivity index (χ0n) is 14.9. The van der Waals surface area contributed by atoms with Crippen molar-refractivity contribution in [3.63, 3.8) is 0 Å². The maximum Gasteiger partial charge on any atom is 0.255 e. The van der Waals surface area contributed by atoms with Crippen LogP contribution in [-0.4, -0.2) is 10.9 Å². The van der Waals surface area contributed by atoms with Gasteiger partial charge in [-0.15, -0.1) is 0 Å². The third-order valence-electron chi connectivity index (χ3n) is 4.51. The molecule has 1 N–H and O–H groups in total. The number of nitrogens with one attached hydrogen (secondary N) is 1. The fourth-order valence-corrected chi connectivity index (χ4v) is 2.81. The summed E-state index contributed by atoms with van der Waals surface area (Å²) in [5.74, 6) is -0.0893. The predicted molar refractivity (Wildman–Crippen MR) is 103 cm³/mol. The van der Waals surface area contributed by atoms with Gasteiger partial charge < -0.3 is 9.73 Å². The molecular formula is C22H17FN2O2. The molecule has 5 heteroatoms. The molecule has 134 valence electrons. The second-order valence-electron chi connectivity index (χ2n) is 6.46. The van der Waals surface area contributed by atoms with Crippen LogP contribution in [0.3, 0.4) is 0 Å². The first-order chi connectivity index (χ1) is 13.0. The first kappa shape index (κ1) is 17.0. The molecular weight excluding hydrogens is 343 g/mol. The van der Waals surface area contributed by atoms with E-state index in [2.05, 4.69) is 10.3 Å². The average Bonchev–Trinajstić information content (AvgIpc) is 3.07. The minimum Gasteiger partial charge on any atom is -0.436 e. The van der Waals surface area contributed by atoms with Gasteiger partial charge in [0, 0.05) is 16.8 Å². The lowest BCUT2D eigenvalue weighted by molar-refractivity contribution is 0.102. The van der Waals surface area contributed by atoms with Crippen molar-refractivity contribution < 1.29 is 13.6 Å². The molecule has 1 heterocycles. The molecule has 0 aliphatic rings. The Morgan fingerprint density at radius 1 is 0.963 bits per heavy atom. The van der Waals surface area contributed by atoms with Gasteiger partial charge in [-0.1, -0.05) is 6.07 Å². The van der Waals surface area contributed by atoms with Crippen LogP contribution in [0.5, 0.6) is 0 Å². The summed E-state index contributed by atoms with van der Waals surface area (Å²) in [7, 11) is 0. The zero-order valence-corrected chi connectivity index (χ0v) is 14.9. The van der Waals surface area contributed by atoms with E-state index in [1.165, 1.54) is 12.1 Å². The van der Waals surface area contributed by atoms with Gasteiger partial charge in [0.05, 0.1) is 0 Å². The molecule has 27 heavy (non-hydrogen) atoms. The molecule has 0 saturated carbocycles. The normalized spacial score (nSPS) is 10.9. The Morgan fingerprint density at radius 2 is 1.74 bits per heavy atom. The number of hydrogen-bond donors (Lipinski definition) is 1. The highest BCUT2D eigenvalue weighted by atomic mass is 19.1. The van der Waals surface area contributed by atoms with Crippen LogP contribution < -0.4 is 5.32 Å². The van der Waals surface area contributed by atoms with Crippen molar-refractivity contribution in [2.24, 2.45) is 0 Å². The van der Waals surface area contributed by atoms with Crippen LogP contribution in [0.15, 0.2) is 65.1 Å². The van der Waals surface area contributed by atoms with E-state index >= 15 is 0 Å². The molecule has 4 rings (SSSR count). The van der Waals surface area contributed by atoms with Crippen LogP contribution in [0.1, 0.15) is 21.5 Å². The number of oxazole rings is 1.